The Balaban J connectivity index is 2.27. The summed E-state index contributed by atoms with van der Waals surface area (Å²) in [5, 5.41) is 3.77. The molecule has 1 unspecified atom stereocenters. The van der Waals surface area contributed by atoms with E-state index in [1.54, 1.807) is 0 Å². The Labute approximate surface area is 268 Å². The second-order valence-electron chi connectivity index (χ2n) is 14.7. The van der Waals surface area contributed by atoms with Crippen molar-refractivity contribution < 1.29 is 18.8 Å². The molecule has 1 amide bonds. The summed E-state index contributed by atoms with van der Waals surface area (Å²) in [6, 6.07) is 0. The van der Waals surface area contributed by atoms with Crippen molar-refractivity contribution >= 4 is 20.2 Å². The highest BCUT2D eigenvalue weighted by Gasteiger charge is 2.39. The van der Waals surface area contributed by atoms with E-state index in [2.05, 4.69) is 53.0 Å². The van der Waals surface area contributed by atoms with Crippen LogP contribution in [0, 0.1) is 0 Å². The zero-order valence-electron chi connectivity index (χ0n) is 29.7. The summed E-state index contributed by atoms with van der Waals surface area (Å²) < 4.78 is 12.7. The molecule has 0 saturated carbocycles. The van der Waals surface area contributed by atoms with E-state index in [9.17, 15) is 9.59 Å². The van der Waals surface area contributed by atoms with Gasteiger partial charge in [0, 0.05) is 32.5 Å². The average Bonchev–Trinajstić information content (AvgIpc) is 3.34. The highest BCUT2D eigenvalue weighted by Crippen LogP contribution is 2.37. The minimum atomic E-state index is -1.91. The molecule has 1 atom stereocenters. The number of unbranched alkanes of at least 4 members (excludes halogenated alkanes) is 12. The maximum Gasteiger partial charge on any atom is 0.306 e. The lowest BCUT2D eigenvalue weighted by atomic mass is 10.0. The highest BCUT2D eigenvalue weighted by molar-refractivity contribution is 6.74. The van der Waals surface area contributed by atoms with Crippen LogP contribution in [0.5, 0.6) is 0 Å². The molecule has 43 heavy (non-hydrogen) atoms. The molecule has 1 heterocycles. The Morgan fingerprint density at radius 2 is 1.40 bits per heavy atom. The Morgan fingerprint density at radius 3 is 1.95 bits per heavy atom. The molecule has 0 radical (unpaired) electrons. The molecule has 6 nitrogen and oxygen atoms in total. The fraction of sp³-hybridized carbons (Fsp3) is 0.944. The standard InChI is InChI=1S/C36H72N2O4Si/c1-8-10-12-15-19-24-32(25-20-16-13-11-9-2)41-35(40)27-21-17-14-18-22-28-37-30-33(31-38-29-23-26-34(38)39)42-43(6,7)36(3,4)5/h32-33,37H,8-31H2,1-7H3. The van der Waals surface area contributed by atoms with E-state index < -0.39 is 8.32 Å². The number of nitrogens with one attached hydrogen (secondary N) is 1. The molecule has 1 aliphatic rings. The first-order chi connectivity index (χ1) is 20.5. The molecular weight excluding hydrogens is 552 g/mol. The van der Waals surface area contributed by atoms with Crippen molar-refractivity contribution in [3.8, 4) is 0 Å². The molecule has 0 aromatic rings. The maximum absolute atomic E-state index is 12.6. The van der Waals surface area contributed by atoms with Gasteiger partial charge in [0.25, 0.3) is 0 Å². The van der Waals surface area contributed by atoms with Crippen molar-refractivity contribution in [2.24, 2.45) is 0 Å². The topological polar surface area (TPSA) is 67.9 Å². The van der Waals surface area contributed by atoms with Crippen molar-refractivity contribution in [3.63, 3.8) is 0 Å². The summed E-state index contributed by atoms with van der Waals surface area (Å²) in [5.41, 5.74) is 0. The molecule has 0 aromatic heterocycles. The third-order valence-electron chi connectivity index (χ3n) is 9.53. The highest BCUT2D eigenvalue weighted by atomic mass is 28.4. The molecule has 0 spiro atoms. The fourth-order valence-corrected chi connectivity index (χ4v) is 7.00. The van der Waals surface area contributed by atoms with Gasteiger partial charge in [-0.25, -0.2) is 0 Å². The van der Waals surface area contributed by atoms with Crippen LogP contribution in [0.3, 0.4) is 0 Å². The molecule has 7 heteroatoms. The van der Waals surface area contributed by atoms with Crippen LogP contribution >= 0.6 is 0 Å². The lowest BCUT2D eigenvalue weighted by molar-refractivity contribution is -0.150. The Morgan fingerprint density at radius 1 is 0.837 bits per heavy atom. The van der Waals surface area contributed by atoms with Crippen LogP contribution in [0.2, 0.25) is 18.1 Å². The summed E-state index contributed by atoms with van der Waals surface area (Å²) in [4.78, 5) is 26.8. The van der Waals surface area contributed by atoms with Crippen LogP contribution in [-0.2, 0) is 18.8 Å². The summed E-state index contributed by atoms with van der Waals surface area (Å²) >= 11 is 0. The summed E-state index contributed by atoms with van der Waals surface area (Å²) in [6.07, 6.45) is 22.5. The van der Waals surface area contributed by atoms with E-state index >= 15 is 0 Å². The summed E-state index contributed by atoms with van der Waals surface area (Å²) in [6.45, 7) is 19.2. The molecule has 1 aliphatic heterocycles. The molecule has 0 bridgehead atoms. The molecule has 1 saturated heterocycles. The Kier molecular flexibility index (Phi) is 21.8. The van der Waals surface area contributed by atoms with Gasteiger partial charge < -0.3 is 19.4 Å². The van der Waals surface area contributed by atoms with Gasteiger partial charge in [-0.1, -0.05) is 105 Å². The van der Waals surface area contributed by atoms with Crippen molar-refractivity contribution in [1.82, 2.24) is 10.2 Å². The van der Waals surface area contributed by atoms with Crippen molar-refractivity contribution in [2.75, 3.05) is 26.2 Å². The van der Waals surface area contributed by atoms with Gasteiger partial charge in [0.2, 0.25) is 5.91 Å². The molecule has 0 aromatic carbocycles. The van der Waals surface area contributed by atoms with Crippen LogP contribution in [0.15, 0.2) is 0 Å². The van der Waals surface area contributed by atoms with Crippen molar-refractivity contribution in [2.45, 2.75) is 193 Å². The smallest absolute Gasteiger partial charge is 0.306 e. The molecular formula is C36H72N2O4Si. The number of hydrogen-bond donors (Lipinski definition) is 1. The molecule has 1 fully saturated rings. The number of carbonyl (C=O) groups excluding carboxylic acids is 2. The summed E-state index contributed by atoms with van der Waals surface area (Å²) in [5.74, 6) is 0.283. The SMILES string of the molecule is CCCCCCCC(CCCCCCC)OC(=O)CCCCCCCNCC(CN1CCCC1=O)O[Si](C)(C)C(C)(C)C. The van der Waals surface area contributed by atoms with Gasteiger partial charge in [-0.3, -0.25) is 9.59 Å². The van der Waals surface area contributed by atoms with Gasteiger partial charge in [0.05, 0.1) is 6.10 Å². The number of likely N-dealkylation sites (tertiary alicyclic amines) is 1. The number of hydrogen-bond acceptors (Lipinski definition) is 5. The van der Waals surface area contributed by atoms with E-state index in [0.717, 1.165) is 64.6 Å². The molecule has 254 valence electrons. The number of ether oxygens (including phenoxy) is 1. The summed E-state index contributed by atoms with van der Waals surface area (Å²) in [7, 11) is -1.91. The van der Waals surface area contributed by atoms with E-state index in [0.29, 0.717) is 19.4 Å². The predicted molar refractivity (Wildman–Crippen MR) is 185 cm³/mol. The number of rotatable bonds is 27. The fourth-order valence-electron chi connectivity index (χ4n) is 5.65. The van der Waals surface area contributed by atoms with Gasteiger partial charge in [-0.2, -0.15) is 0 Å². The molecule has 1 N–H and O–H groups in total. The normalized spacial score (nSPS) is 15.1. The predicted octanol–water partition coefficient (Wildman–Crippen LogP) is 9.56. The first-order valence-electron chi connectivity index (χ1n) is 18.4. The van der Waals surface area contributed by atoms with Crippen molar-refractivity contribution in [1.29, 1.82) is 0 Å². The second kappa shape index (κ2) is 23.4. The maximum atomic E-state index is 12.6. The lowest BCUT2D eigenvalue weighted by Crippen LogP contribution is -2.50. The van der Waals surface area contributed by atoms with Gasteiger partial charge in [-0.05, 0) is 69.6 Å². The number of carbonyl (C=O) groups is 2. The van der Waals surface area contributed by atoms with Crippen LogP contribution in [0.4, 0.5) is 0 Å². The van der Waals surface area contributed by atoms with Crippen LogP contribution in [0.1, 0.15) is 163 Å². The van der Waals surface area contributed by atoms with E-state index in [1.807, 2.05) is 4.90 Å². The quantitative estimate of drug-likeness (QED) is 0.0560. The van der Waals surface area contributed by atoms with Gasteiger partial charge in [0.15, 0.2) is 8.32 Å². The molecule has 1 rings (SSSR count). The third-order valence-corrected chi connectivity index (χ3v) is 14.1. The number of amides is 1. The first-order valence-corrected chi connectivity index (χ1v) is 21.3. The van der Waals surface area contributed by atoms with E-state index in [1.165, 1.54) is 70.6 Å². The largest absolute Gasteiger partial charge is 0.462 e. The first kappa shape index (κ1) is 40.1. The van der Waals surface area contributed by atoms with E-state index in [4.69, 9.17) is 9.16 Å². The van der Waals surface area contributed by atoms with Gasteiger partial charge in [-0.15, -0.1) is 0 Å². The van der Waals surface area contributed by atoms with E-state index in [-0.39, 0.29) is 29.1 Å². The zero-order chi connectivity index (χ0) is 32.0. The number of nitrogens with zero attached hydrogens (tertiary/aromatic N) is 1. The van der Waals surface area contributed by atoms with Crippen molar-refractivity contribution in [3.05, 3.63) is 0 Å². The lowest BCUT2D eigenvalue weighted by Gasteiger charge is -2.40. The van der Waals surface area contributed by atoms with Gasteiger partial charge in [0.1, 0.15) is 6.10 Å². The average molecular weight is 625 g/mol. The van der Waals surface area contributed by atoms with Crippen LogP contribution < -0.4 is 5.32 Å². The van der Waals surface area contributed by atoms with Crippen LogP contribution in [-0.4, -0.2) is 63.5 Å². The monoisotopic (exact) mass is 625 g/mol. The van der Waals surface area contributed by atoms with Gasteiger partial charge >= 0.3 is 5.97 Å². The minimum Gasteiger partial charge on any atom is -0.462 e. The minimum absolute atomic E-state index is 0.0121. The third kappa shape index (κ3) is 19.3. The molecule has 0 aliphatic carbocycles. The van der Waals surface area contributed by atoms with Crippen LogP contribution in [0.25, 0.3) is 0 Å². The Hall–Kier alpha value is -0.923. The zero-order valence-corrected chi connectivity index (χ0v) is 30.7. The Bertz CT molecular complexity index is 711. The number of esters is 1. The second-order valence-corrected chi connectivity index (χ2v) is 19.4.